The van der Waals surface area contributed by atoms with Crippen molar-refractivity contribution in [1.29, 1.82) is 0 Å². The molecule has 1 aromatic carbocycles. The van der Waals surface area contributed by atoms with E-state index in [4.69, 9.17) is 4.42 Å². The summed E-state index contributed by atoms with van der Waals surface area (Å²) in [6.07, 6.45) is 0.247. The zero-order valence-corrected chi connectivity index (χ0v) is 9.10. The molecule has 1 unspecified atom stereocenters. The summed E-state index contributed by atoms with van der Waals surface area (Å²) in [4.78, 5) is 0. The molecule has 0 spiro atoms. The second-order valence-electron chi connectivity index (χ2n) is 4.33. The van der Waals surface area contributed by atoms with Gasteiger partial charge in [0.2, 0.25) is 0 Å². The monoisotopic (exact) mass is 204 g/mol. The Balaban J connectivity index is 2.28. The molecule has 1 atom stereocenters. The van der Waals surface area contributed by atoms with Crippen LogP contribution >= 0.6 is 0 Å². The molecule has 1 N–H and O–H groups in total. The normalized spacial score (nSPS) is 13.6. The van der Waals surface area contributed by atoms with E-state index in [1.807, 2.05) is 30.3 Å². The molecule has 0 saturated heterocycles. The number of benzene rings is 1. The molecule has 0 aliphatic rings. The Hall–Kier alpha value is -1.28. The Morgan fingerprint density at radius 2 is 2.00 bits per heavy atom. The van der Waals surface area contributed by atoms with E-state index < -0.39 is 6.10 Å². The molecule has 1 heterocycles. The maximum absolute atomic E-state index is 9.90. The summed E-state index contributed by atoms with van der Waals surface area (Å²) in [5.74, 6) is 1.14. The Morgan fingerprint density at radius 1 is 1.27 bits per heavy atom. The first kappa shape index (κ1) is 10.2. The average molecular weight is 204 g/mol. The van der Waals surface area contributed by atoms with Crippen LogP contribution < -0.4 is 0 Å². The van der Waals surface area contributed by atoms with Crippen molar-refractivity contribution in [3.63, 3.8) is 0 Å². The minimum absolute atomic E-state index is 0.466. The fraction of sp³-hybridized carbons (Fsp3) is 0.385. The molecular weight excluding hydrogens is 188 g/mol. The third-order valence-corrected chi connectivity index (χ3v) is 2.47. The van der Waals surface area contributed by atoms with E-state index in [2.05, 4.69) is 13.8 Å². The van der Waals surface area contributed by atoms with E-state index in [1.54, 1.807) is 0 Å². The van der Waals surface area contributed by atoms with Gasteiger partial charge in [-0.3, -0.25) is 0 Å². The molecule has 2 rings (SSSR count). The lowest BCUT2D eigenvalue weighted by Crippen LogP contribution is -2.00. The molecule has 2 nitrogen and oxygen atoms in total. The predicted molar refractivity (Wildman–Crippen MR) is 60.6 cm³/mol. The topological polar surface area (TPSA) is 33.4 Å². The first-order valence-corrected chi connectivity index (χ1v) is 5.33. The number of aliphatic hydroxyl groups is 1. The lowest BCUT2D eigenvalue weighted by molar-refractivity contribution is 0.128. The highest BCUT2D eigenvalue weighted by atomic mass is 16.4. The van der Waals surface area contributed by atoms with Crippen molar-refractivity contribution in [3.8, 4) is 0 Å². The molecule has 0 bridgehead atoms. The van der Waals surface area contributed by atoms with E-state index in [1.165, 1.54) is 0 Å². The van der Waals surface area contributed by atoms with Crippen LogP contribution in [0.4, 0.5) is 0 Å². The zero-order chi connectivity index (χ0) is 10.8. The van der Waals surface area contributed by atoms with Gasteiger partial charge in [-0.1, -0.05) is 32.0 Å². The number of fused-ring (bicyclic) bond motifs is 1. The largest absolute Gasteiger partial charge is 0.458 e. The van der Waals surface area contributed by atoms with Crippen molar-refractivity contribution >= 4 is 11.0 Å². The molecule has 2 heteroatoms. The Morgan fingerprint density at radius 3 is 2.67 bits per heavy atom. The lowest BCUT2D eigenvalue weighted by atomic mass is 10.0. The summed E-state index contributed by atoms with van der Waals surface area (Å²) >= 11 is 0. The highest BCUT2D eigenvalue weighted by molar-refractivity contribution is 5.77. The molecule has 0 saturated carbocycles. The summed E-state index contributed by atoms with van der Waals surface area (Å²) in [7, 11) is 0. The number of rotatable bonds is 3. The molecule has 0 radical (unpaired) electrons. The minimum Gasteiger partial charge on any atom is -0.458 e. The van der Waals surface area contributed by atoms with Gasteiger partial charge in [0.05, 0.1) is 0 Å². The van der Waals surface area contributed by atoms with Crippen molar-refractivity contribution < 1.29 is 9.52 Å². The van der Waals surface area contributed by atoms with Crippen molar-refractivity contribution in [2.45, 2.75) is 26.4 Å². The summed E-state index contributed by atoms with van der Waals surface area (Å²) in [5, 5.41) is 10.9. The van der Waals surface area contributed by atoms with E-state index in [0.29, 0.717) is 11.7 Å². The SMILES string of the molecule is CC(C)CC(O)c1cc2ccccc2o1. The van der Waals surface area contributed by atoms with Crippen molar-refractivity contribution in [1.82, 2.24) is 0 Å². The quantitative estimate of drug-likeness (QED) is 0.829. The van der Waals surface area contributed by atoms with Crippen LogP contribution in [-0.2, 0) is 0 Å². The van der Waals surface area contributed by atoms with E-state index in [9.17, 15) is 5.11 Å². The number of hydrogen-bond acceptors (Lipinski definition) is 2. The fourth-order valence-corrected chi connectivity index (χ4v) is 1.73. The van der Waals surface area contributed by atoms with Gasteiger partial charge in [-0.2, -0.15) is 0 Å². The van der Waals surface area contributed by atoms with Crippen LogP contribution in [0.1, 0.15) is 32.1 Å². The average Bonchev–Trinajstić information content (AvgIpc) is 2.59. The third kappa shape index (κ3) is 2.21. The van der Waals surface area contributed by atoms with Crippen LogP contribution in [0.25, 0.3) is 11.0 Å². The second kappa shape index (κ2) is 4.07. The van der Waals surface area contributed by atoms with Gasteiger partial charge < -0.3 is 9.52 Å². The van der Waals surface area contributed by atoms with Crippen LogP contribution in [0.3, 0.4) is 0 Å². The van der Waals surface area contributed by atoms with Crippen LogP contribution in [0.15, 0.2) is 34.7 Å². The van der Waals surface area contributed by atoms with Gasteiger partial charge in [-0.25, -0.2) is 0 Å². The molecule has 15 heavy (non-hydrogen) atoms. The standard InChI is InChI=1S/C13H16O2/c1-9(2)7-11(14)13-8-10-5-3-4-6-12(10)15-13/h3-6,8-9,11,14H,7H2,1-2H3. The van der Waals surface area contributed by atoms with Gasteiger partial charge in [0.15, 0.2) is 0 Å². The van der Waals surface area contributed by atoms with Crippen molar-refractivity contribution in [2.24, 2.45) is 5.92 Å². The van der Waals surface area contributed by atoms with Gasteiger partial charge in [-0.15, -0.1) is 0 Å². The van der Waals surface area contributed by atoms with E-state index in [-0.39, 0.29) is 0 Å². The maximum atomic E-state index is 9.90. The molecule has 0 aliphatic carbocycles. The summed E-state index contributed by atoms with van der Waals surface area (Å²) in [6.45, 7) is 4.18. The number of furan rings is 1. The zero-order valence-electron chi connectivity index (χ0n) is 9.10. The Bertz CT molecular complexity index is 409. The fourth-order valence-electron chi connectivity index (χ4n) is 1.73. The van der Waals surface area contributed by atoms with Gasteiger partial charge in [0.1, 0.15) is 17.4 Å². The smallest absolute Gasteiger partial charge is 0.134 e. The van der Waals surface area contributed by atoms with Crippen molar-refractivity contribution in [3.05, 3.63) is 36.1 Å². The van der Waals surface area contributed by atoms with E-state index in [0.717, 1.165) is 17.4 Å². The molecular formula is C13H16O2. The summed E-state index contributed by atoms with van der Waals surface area (Å²) in [5.41, 5.74) is 0.843. The van der Waals surface area contributed by atoms with Crippen LogP contribution in [-0.4, -0.2) is 5.11 Å². The van der Waals surface area contributed by atoms with Crippen molar-refractivity contribution in [2.75, 3.05) is 0 Å². The van der Waals surface area contributed by atoms with Gasteiger partial charge >= 0.3 is 0 Å². The maximum Gasteiger partial charge on any atom is 0.134 e. The Labute approximate surface area is 89.5 Å². The molecule has 0 amide bonds. The minimum atomic E-state index is -0.489. The van der Waals surface area contributed by atoms with Gasteiger partial charge in [0.25, 0.3) is 0 Å². The first-order chi connectivity index (χ1) is 7.16. The van der Waals surface area contributed by atoms with Gasteiger partial charge in [-0.05, 0) is 24.5 Å². The highest BCUT2D eigenvalue weighted by Crippen LogP contribution is 2.27. The molecule has 0 aliphatic heterocycles. The molecule has 80 valence electrons. The van der Waals surface area contributed by atoms with Crippen LogP contribution in [0.5, 0.6) is 0 Å². The Kier molecular flexibility index (Phi) is 2.78. The lowest BCUT2D eigenvalue weighted by Gasteiger charge is -2.09. The van der Waals surface area contributed by atoms with Gasteiger partial charge in [0, 0.05) is 5.39 Å². The first-order valence-electron chi connectivity index (χ1n) is 5.33. The predicted octanol–water partition coefficient (Wildman–Crippen LogP) is 3.51. The second-order valence-corrected chi connectivity index (χ2v) is 4.33. The third-order valence-electron chi connectivity index (χ3n) is 2.47. The van der Waals surface area contributed by atoms with Crippen LogP contribution in [0, 0.1) is 5.92 Å². The molecule has 2 aromatic rings. The van der Waals surface area contributed by atoms with E-state index >= 15 is 0 Å². The highest BCUT2D eigenvalue weighted by Gasteiger charge is 2.14. The van der Waals surface area contributed by atoms with Crippen LogP contribution in [0.2, 0.25) is 0 Å². The number of hydrogen-bond donors (Lipinski definition) is 1. The molecule has 0 fully saturated rings. The molecule has 1 aromatic heterocycles. The number of aliphatic hydroxyl groups excluding tert-OH is 1. The summed E-state index contributed by atoms with van der Waals surface area (Å²) in [6, 6.07) is 9.73. The number of para-hydroxylation sites is 1. The summed E-state index contributed by atoms with van der Waals surface area (Å²) < 4.78 is 5.58.